The van der Waals surface area contributed by atoms with Crippen LogP contribution in [0.2, 0.25) is 0 Å². The molecule has 0 atom stereocenters. The molecule has 0 aromatic heterocycles. The Morgan fingerprint density at radius 1 is 1.45 bits per heavy atom. The summed E-state index contributed by atoms with van der Waals surface area (Å²) >= 11 is 0. The lowest BCUT2D eigenvalue weighted by Gasteiger charge is -2.09. The number of guanidine groups is 1. The summed E-state index contributed by atoms with van der Waals surface area (Å²) in [5, 5.41) is 6.23. The van der Waals surface area contributed by atoms with Crippen LogP contribution in [0.4, 0.5) is 0 Å². The van der Waals surface area contributed by atoms with Crippen LogP contribution in [0.3, 0.4) is 0 Å². The zero-order valence-corrected chi connectivity index (χ0v) is 13.9. The minimum Gasteiger partial charge on any atom is -0.366 e. The van der Waals surface area contributed by atoms with Gasteiger partial charge in [0, 0.05) is 18.7 Å². The zero-order valence-electron chi connectivity index (χ0n) is 11.6. The number of benzene rings is 1. The summed E-state index contributed by atoms with van der Waals surface area (Å²) < 4.78 is 0. The van der Waals surface area contributed by atoms with Crippen LogP contribution in [0.1, 0.15) is 22.8 Å². The van der Waals surface area contributed by atoms with Crippen LogP contribution < -0.4 is 16.4 Å². The first-order chi connectivity index (χ1) is 9.17. The number of rotatable bonds is 6. The first-order valence-electron chi connectivity index (χ1n) is 6.19. The Morgan fingerprint density at radius 2 is 2.20 bits per heavy atom. The average molecular weight is 388 g/mol. The monoisotopic (exact) mass is 388 g/mol. The van der Waals surface area contributed by atoms with E-state index in [1.807, 2.05) is 13.0 Å². The summed E-state index contributed by atoms with van der Waals surface area (Å²) in [6.45, 7) is 7.55. The lowest BCUT2D eigenvalue weighted by atomic mass is 10.1. The zero-order chi connectivity index (χ0) is 14.1. The molecule has 0 unspecified atom stereocenters. The highest BCUT2D eigenvalue weighted by atomic mass is 127. The van der Waals surface area contributed by atoms with E-state index in [4.69, 9.17) is 5.73 Å². The Labute approximate surface area is 136 Å². The highest BCUT2D eigenvalue weighted by Crippen LogP contribution is 2.05. The molecule has 0 bridgehead atoms. The van der Waals surface area contributed by atoms with Crippen molar-refractivity contribution < 1.29 is 4.79 Å². The molecule has 0 radical (unpaired) electrons. The third kappa shape index (κ3) is 6.55. The molecule has 0 fully saturated rings. The molecule has 0 aliphatic heterocycles. The molecule has 0 heterocycles. The molecule has 110 valence electrons. The fraction of sp³-hybridized carbons (Fsp3) is 0.286. The molecule has 1 aromatic carbocycles. The van der Waals surface area contributed by atoms with E-state index < -0.39 is 5.91 Å². The van der Waals surface area contributed by atoms with Crippen molar-refractivity contribution in [2.45, 2.75) is 13.5 Å². The summed E-state index contributed by atoms with van der Waals surface area (Å²) in [6.07, 6.45) is 1.76. The van der Waals surface area contributed by atoms with Crippen LogP contribution in [0.15, 0.2) is 41.9 Å². The van der Waals surface area contributed by atoms with Gasteiger partial charge in [-0.15, -0.1) is 30.6 Å². The number of hydrogen-bond acceptors (Lipinski definition) is 2. The second-order valence-electron chi connectivity index (χ2n) is 3.93. The van der Waals surface area contributed by atoms with Crippen molar-refractivity contribution in [2.75, 3.05) is 13.1 Å². The maximum Gasteiger partial charge on any atom is 0.248 e. The van der Waals surface area contributed by atoms with Gasteiger partial charge in [0.1, 0.15) is 0 Å². The van der Waals surface area contributed by atoms with E-state index >= 15 is 0 Å². The standard InChI is InChI=1S/C14H20N4O.HI/c1-3-8-17-14(16-4-2)18-10-11-6-5-7-12(9-11)13(15)19;/h3,5-7,9H,1,4,8,10H2,2H3,(H2,15,19)(H2,16,17,18);1H. The van der Waals surface area contributed by atoms with Crippen molar-refractivity contribution in [3.05, 3.63) is 48.0 Å². The minimum absolute atomic E-state index is 0. The molecule has 4 N–H and O–H groups in total. The van der Waals surface area contributed by atoms with Gasteiger partial charge < -0.3 is 16.4 Å². The lowest BCUT2D eigenvalue weighted by molar-refractivity contribution is 0.1000. The maximum absolute atomic E-state index is 11.1. The Morgan fingerprint density at radius 3 is 2.80 bits per heavy atom. The van der Waals surface area contributed by atoms with Gasteiger partial charge in [-0.05, 0) is 24.6 Å². The average Bonchev–Trinajstić information content (AvgIpc) is 2.42. The number of amides is 1. The molecule has 1 rings (SSSR count). The van der Waals surface area contributed by atoms with Crippen LogP contribution in [0, 0.1) is 0 Å². The fourth-order valence-electron chi connectivity index (χ4n) is 1.50. The van der Waals surface area contributed by atoms with E-state index in [1.54, 1.807) is 24.3 Å². The number of primary amides is 1. The molecule has 0 saturated heterocycles. The highest BCUT2D eigenvalue weighted by Gasteiger charge is 2.01. The van der Waals surface area contributed by atoms with Crippen LogP contribution in [-0.4, -0.2) is 25.0 Å². The third-order valence-corrected chi connectivity index (χ3v) is 2.39. The number of nitrogens with one attached hydrogen (secondary N) is 2. The predicted octanol–water partition coefficient (Wildman–Crippen LogP) is 1.64. The van der Waals surface area contributed by atoms with Crippen molar-refractivity contribution in [3.63, 3.8) is 0 Å². The molecule has 6 heteroatoms. The number of halogens is 1. The van der Waals surface area contributed by atoms with Gasteiger partial charge in [0.05, 0.1) is 6.54 Å². The molecular formula is C14H21IN4O. The largest absolute Gasteiger partial charge is 0.366 e. The Balaban J connectivity index is 0.00000361. The van der Waals surface area contributed by atoms with Gasteiger partial charge in [-0.2, -0.15) is 0 Å². The number of carbonyl (C=O) groups is 1. The second kappa shape index (κ2) is 10.2. The van der Waals surface area contributed by atoms with Gasteiger partial charge in [-0.25, -0.2) is 4.99 Å². The highest BCUT2D eigenvalue weighted by molar-refractivity contribution is 14.0. The van der Waals surface area contributed by atoms with Crippen LogP contribution in [0.5, 0.6) is 0 Å². The normalized spacial score (nSPS) is 10.3. The SMILES string of the molecule is C=CCNC(=NCc1cccc(C(N)=O)c1)NCC.I. The van der Waals surface area contributed by atoms with Crippen molar-refractivity contribution in [2.24, 2.45) is 10.7 Å². The molecule has 5 nitrogen and oxygen atoms in total. The van der Waals surface area contributed by atoms with E-state index in [1.165, 1.54) is 0 Å². The van der Waals surface area contributed by atoms with Crippen LogP contribution >= 0.6 is 24.0 Å². The second-order valence-corrected chi connectivity index (χ2v) is 3.93. The van der Waals surface area contributed by atoms with E-state index in [0.717, 1.165) is 12.1 Å². The molecule has 0 saturated carbocycles. The quantitative estimate of drug-likeness (QED) is 0.300. The molecule has 20 heavy (non-hydrogen) atoms. The Kier molecular flexibility index (Phi) is 9.44. The van der Waals surface area contributed by atoms with E-state index in [9.17, 15) is 4.79 Å². The van der Waals surface area contributed by atoms with Crippen molar-refractivity contribution in [1.82, 2.24) is 10.6 Å². The summed E-state index contributed by atoms with van der Waals surface area (Å²) in [7, 11) is 0. The molecule has 0 aliphatic rings. The number of carbonyl (C=O) groups excluding carboxylic acids is 1. The molecule has 1 amide bonds. The number of hydrogen-bond donors (Lipinski definition) is 3. The van der Waals surface area contributed by atoms with E-state index in [0.29, 0.717) is 24.6 Å². The number of aliphatic imine (C=N–C) groups is 1. The van der Waals surface area contributed by atoms with Gasteiger partial charge in [-0.1, -0.05) is 18.2 Å². The lowest BCUT2D eigenvalue weighted by Crippen LogP contribution is -2.37. The van der Waals surface area contributed by atoms with Gasteiger partial charge in [0.15, 0.2) is 5.96 Å². The van der Waals surface area contributed by atoms with Crippen LogP contribution in [0.25, 0.3) is 0 Å². The molecular weight excluding hydrogens is 367 g/mol. The Bertz CT molecular complexity index is 474. The van der Waals surface area contributed by atoms with Gasteiger partial charge in [-0.3, -0.25) is 4.79 Å². The first kappa shape index (κ1) is 18.4. The number of nitrogens with zero attached hydrogens (tertiary/aromatic N) is 1. The number of nitrogens with two attached hydrogens (primary N) is 1. The summed E-state index contributed by atoms with van der Waals surface area (Å²) in [6, 6.07) is 7.15. The maximum atomic E-state index is 11.1. The predicted molar refractivity (Wildman–Crippen MR) is 93.4 cm³/mol. The van der Waals surface area contributed by atoms with Gasteiger partial charge in [0.2, 0.25) is 5.91 Å². The molecule has 0 aliphatic carbocycles. The fourth-order valence-corrected chi connectivity index (χ4v) is 1.50. The first-order valence-corrected chi connectivity index (χ1v) is 6.19. The summed E-state index contributed by atoms with van der Waals surface area (Å²) in [4.78, 5) is 15.5. The van der Waals surface area contributed by atoms with Gasteiger partial charge in [0.25, 0.3) is 0 Å². The van der Waals surface area contributed by atoms with Crippen LogP contribution in [-0.2, 0) is 6.54 Å². The van der Waals surface area contributed by atoms with Crippen molar-refractivity contribution in [1.29, 1.82) is 0 Å². The topological polar surface area (TPSA) is 79.5 Å². The molecule has 0 spiro atoms. The van der Waals surface area contributed by atoms with Crippen molar-refractivity contribution in [3.8, 4) is 0 Å². The van der Waals surface area contributed by atoms with E-state index in [-0.39, 0.29) is 24.0 Å². The van der Waals surface area contributed by atoms with Gasteiger partial charge >= 0.3 is 0 Å². The smallest absolute Gasteiger partial charge is 0.248 e. The Hall–Kier alpha value is -1.57. The third-order valence-electron chi connectivity index (χ3n) is 2.39. The minimum atomic E-state index is -0.428. The molecule has 1 aromatic rings. The summed E-state index contributed by atoms with van der Waals surface area (Å²) in [5.74, 6) is 0.286. The van der Waals surface area contributed by atoms with Crippen molar-refractivity contribution >= 4 is 35.8 Å². The summed E-state index contributed by atoms with van der Waals surface area (Å²) in [5.41, 5.74) is 6.68. The van der Waals surface area contributed by atoms with E-state index in [2.05, 4.69) is 22.2 Å².